The molecule has 1 aromatic carbocycles. The third-order valence-electron chi connectivity index (χ3n) is 2.44. The number of benzene rings is 1. The molecule has 0 atom stereocenters. The van der Waals surface area contributed by atoms with E-state index in [1.807, 2.05) is 0 Å². The minimum atomic E-state index is -1.64. The normalized spacial score (nSPS) is 11.3. The number of halogens is 1. The van der Waals surface area contributed by atoms with Crippen molar-refractivity contribution in [2.24, 2.45) is 0 Å². The van der Waals surface area contributed by atoms with Crippen molar-refractivity contribution in [2.75, 3.05) is 7.11 Å². The van der Waals surface area contributed by atoms with Crippen LogP contribution in [-0.2, 0) is 16.0 Å². The third-order valence-corrected chi connectivity index (χ3v) is 4.52. The van der Waals surface area contributed by atoms with E-state index in [1.54, 1.807) is 12.1 Å². The van der Waals surface area contributed by atoms with Gasteiger partial charge in [0, 0.05) is 0 Å². The maximum atomic E-state index is 13.2. The standard InChI is InChI=1S/C12H17FO2Si/c1-15-12(14)7-9-5-6-10(13)8-11(9)16(2,3)4/h5-6,8H,7H2,1-4H3. The van der Waals surface area contributed by atoms with E-state index in [2.05, 4.69) is 24.4 Å². The van der Waals surface area contributed by atoms with E-state index in [9.17, 15) is 9.18 Å². The van der Waals surface area contributed by atoms with E-state index in [-0.39, 0.29) is 18.2 Å². The Labute approximate surface area is 96.4 Å². The second-order valence-corrected chi connectivity index (χ2v) is 9.84. The Bertz CT molecular complexity index is 396. The van der Waals surface area contributed by atoms with E-state index in [1.165, 1.54) is 13.2 Å². The van der Waals surface area contributed by atoms with Crippen molar-refractivity contribution in [2.45, 2.75) is 26.1 Å². The fourth-order valence-electron chi connectivity index (χ4n) is 1.63. The quantitative estimate of drug-likeness (QED) is 0.597. The van der Waals surface area contributed by atoms with Crippen LogP contribution in [-0.4, -0.2) is 21.2 Å². The van der Waals surface area contributed by atoms with Gasteiger partial charge < -0.3 is 4.74 Å². The molecular formula is C12H17FO2Si. The van der Waals surface area contributed by atoms with E-state index in [0.29, 0.717) is 0 Å². The highest BCUT2D eigenvalue weighted by atomic mass is 28.3. The van der Waals surface area contributed by atoms with Crippen LogP contribution in [0.3, 0.4) is 0 Å². The fraction of sp³-hybridized carbons (Fsp3) is 0.417. The van der Waals surface area contributed by atoms with Gasteiger partial charge in [0.1, 0.15) is 5.82 Å². The van der Waals surface area contributed by atoms with E-state index in [4.69, 9.17) is 0 Å². The summed E-state index contributed by atoms with van der Waals surface area (Å²) in [6, 6.07) is 4.62. The smallest absolute Gasteiger partial charge is 0.309 e. The van der Waals surface area contributed by atoms with Gasteiger partial charge in [-0.25, -0.2) is 4.39 Å². The van der Waals surface area contributed by atoms with Crippen LogP contribution in [0.2, 0.25) is 19.6 Å². The minimum Gasteiger partial charge on any atom is -0.469 e. The van der Waals surface area contributed by atoms with E-state index in [0.717, 1.165) is 10.8 Å². The molecule has 0 unspecified atom stereocenters. The molecule has 0 heterocycles. The maximum absolute atomic E-state index is 13.2. The van der Waals surface area contributed by atoms with Gasteiger partial charge in [-0.2, -0.15) is 0 Å². The molecule has 0 aromatic heterocycles. The Morgan fingerprint density at radius 1 is 1.38 bits per heavy atom. The van der Waals surface area contributed by atoms with Crippen LogP contribution in [0.25, 0.3) is 0 Å². The second-order valence-electron chi connectivity index (χ2n) is 4.80. The van der Waals surface area contributed by atoms with Crippen LogP contribution in [0.15, 0.2) is 18.2 Å². The first-order chi connectivity index (χ1) is 7.34. The predicted molar refractivity (Wildman–Crippen MR) is 65.1 cm³/mol. The zero-order valence-electron chi connectivity index (χ0n) is 10.1. The monoisotopic (exact) mass is 240 g/mol. The highest BCUT2D eigenvalue weighted by molar-refractivity contribution is 6.89. The second kappa shape index (κ2) is 4.78. The highest BCUT2D eigenvalue weighted by Gasteiger charge is 2.22. The Balaban J connectivity index is 3.13. The van der Waals surface area contributed by atoms with E-state index < -0.39 is 8.07 Å². The molecule has 88 valence electrons. The number of carbonyl (C=O) groups is 1. The average Bonchev–Trinajstić information content (AvgIpc) is 2.19. The highest BCUT2D eigenvalue weighted by Crippen LogP contribution is 2.10. The lowest BCUT2D eigenvalue weighted by molar-refractivity contribution is -0.139. The zero-order valence-corrected chi connectivity index (χ0v) is 11.1. The largest absolute Gasteiger partial charge is 0.469 e. The SMILES string of the molecule is COC(=O)Cc1ccc(F)cc1[Si](C)(C)C. The molecule has 0 saturated carbocycles. The lowest BCUT2D eigenvalue weighted by Crippen LogP contribution is -2.41. The average molecular weight is 240 g/mol. The zero-order chi connectivity index (χ0) is 12.3. The molecule has 0 aliphatic rings. The first-order valence-electron chi connectivity index (χ1n) is 5.20. The number of carbonyl (C=O) groups excluding carboxylic acids is 1. The van der Waals surface area contributed by atoms with Crippen molar-refractivity contribution in [3.63, 3.8) is 0 Å². The van der Waals surface area contributed by atoms with Crippen molar-refractivity contribution >= 4 is 19.2 Å². The summed E-state index contributed by atoms with van der Waals surface area (Å²) in [6.07, 6.45) is 0.219. The first-order valence-corrected chi connectivity index (χ1v) is 8.70. The lowest BCUT2D eigenvalue weighted by atomic mass is 10.1. The number of ether oxygens (including phenoxy) is 1. The van der Waals surface area contributed by atoms with Gasteiger partial charge in [0.2, 0.25) is 0 Å². The number of hydrogen-bond acceptors (Lipinski definition) is 2. The molecule has 0 aliphatic carbocycles. The molecular weight excluding hydrogens is 223 g/mol. The molecule has 1 aromatic rings. The summed E-state index contributed by atoms with van der Waals surface area (Å²) in [7, 11) is -0.275. The molecule has 0 amide bonds. The molecule has 0 fully saturated rings. The summed E-state index contributed by atoms with van der Waals surface area (Å²) in [5.74, 6) is -0.530. The number of methoxy groups -OCH3 is 1. The van der Waals surface area contributed by atoms with Gasteiger partial charge in [0.05, 0.1) is 21.6 Å². The summed E-state index contributed by atoms with van der Waals surface area (Å²) in [4.78, 5) is 11.2. The molecule has 16 heavy (non-hydrogen) atoms. The first kappa shape index (κ1) is 12.9. The molecule has 0 saturated heterocycles. The summed E-state index contributed by atoms with van der Waals surface area (Å²) in [5.41, 5.74) is 0.882. The number of rotatable bonds is 3. The fourth-order valence-corrected chi connectivity index (χ4v) is 3.33. The van der Waals surface area contributed by atoms with Crippen molar-refractivity contribution in [3.05, 3.63) is 29.6 Å². The maximum Gasteiger partial charge on any atom is 0.309 e. The summed E-state index contributed by atoms with van der Waals surface area (Å²) >= 11 is 0. The Morgan fingerprint density at radius 3 is 2.50 bits per heavy atom. The third kappa shape index (κ3) is 3.17. The summed E-state index contributed by atoms with van der Waals surface area (Å²) in [5, 5.41) is 0.984. The van der Waals surface area contributed by atoms with Crippen LogP contribution < -0.4 is 5.19 Å². The summed E-state index contributed by atoms with van der Waals surface area (Å²) in [6.45, 7) is 6.38. The Hall–Kier alpha value is -1.16. The van der Waals surface area contributed by atoms with Crippen molar-refractivity contribution in [1.29, 1.82) is 0 Å². The van der Waals surface area contributed by atoms with Gasteiger partial charge in [-0.3, -0.25) is 4.79 Å². The van der Waals surface area contributed by atoms with Crippen LogP contribution in [0.5, 0.6) is 0 Å². The Kier molecular flexibility index (Phi) is 3.86. The molecule has 2 nitrogen and oxygen atoms in total. The number of hydrogen-bond donors (Lipinski definition) is 0. The van der Waals surface area contributed by atoms with Crippen molar-refractivity contribution in [1.82, 2.24) is 0 Å². The van der Waals surface area contributed by atoms with Crippen molar-refractivity contribution < 1.29 is 13.9 Å². The van der Waals surface area contributed by atoms with Gasteiger partial charge in [-0.05, 0) is 17.7 Å². The van der Waals surface area contributed by atoms with Crippen LogP contribution in [0.4, 0.5) is 4.39 Å². The predicted octanol–water partition coefficient (Wildman–Crippen LogP) is 2.09. The summed E-state index contributed by atoms with van der Waals surface area (Å²) < 4.78 is 17.8. The topological polar surface area (TPSA) is 26.3 Å². The molecule has 0 radical (unpaired) electrons. The molecule has 4 heteroatoms. The molecule has 0 spiro atoms. The van der Waals surface area contributed by atoms with Gasteiger partial charge in [0.15, 0.2) is 0 Å². The van der Waals surface area contributed by atoms with Gasteiger partial charge >= 0.3 is 5.97 Å². The molecule has 0 N–H and O–H groups in total. The van der Waals surface area contributed by atoms with Gasteiger partial charge in [-0.1, -0.05) is 30.9 Å². The van der Waals surface area contributed by atoms with Crippen molar-refractivity contribution in [3.8, 4) is 0 Å². The molecule has 0 aliphatic heterocycles. The van der Waals surface area contributed by atoms with Crippen LogP contribution in [0.1, 0.15) is 5.56 Å². The molecule has 0 bridgehead atoms. The van der Waals surface area contributed by atoms with Crippen LogP contribution in [0, 0.1) is 5.82 Å². The van der Waals surface area contributed by atoms with E-state index >= 15 is 0 Å². The van der Waals surface area contributed by atoms with Gasteiger partial charge in [0.25, 0.3) is 0 Å². The van der Waals surface area contributed by atoms with Gasteiger partial charge in [-0.15, -0.1) is 0 Å². The minimum absolute atomic E-state index is 0.219. The lowest BCUT2D eigenvalue weighted by Gasteiger charge is -2.20. The molecule has 1 rings (SSSR count). The van der Waals surface area contributed by atoms with Crippen LogP contribution >= 0.6 is 0 Å². The Morgan fingerprint density at radius 2 is 2.00 bits per heavy atom. The number of esters is 1.